The number of likely N-dealkylation sites (tertiary alicyclic amines) is 1. The Kier molecular flexibility index (Phi) is 5.08. The highest BCUT2D eigenvalue weighted by atomic mass is 16.5. The lowest BCUT2D eigenvalue weighted by molar-refractivity contribution is -0.148. The Balaban J connectivity index is 2.02. The van der Waals surface area contributed by atoms with Gasteiger partial charge < -0.3 is 19.6 Å². The molecule has 6 heteroatoms. The van der Waals surface area contributed by atoms with Crippen molar-refractivity contribution in [3.05, 3.63) is 0 Å². The maximum Gasteiger partial charge on any atom is 0.329 e. The molecule has 120 valence electrons. The molecule has 2 heterocycles. The van der Waals surface area contributed by atoms with Gasteiger partial charge in [-0.3, -0.25) is 0 Å². The largest absolute Gasteiger partial charge is 0.479 e. The van der Waals surface area contributed by atoms with Gasteiger partial charge in [0, 0.05) is 33.4 Å². The van der Waals surface area contributed by atoms with E-state index < -0.39 is 11.5 Å². The van der Waals surface area contributed by atoms with Gasteiger partial charge in [-0.1, -0.05) is 6.92 Å². The molecule has 2 aliphatic rings. The van der Waals surface area contributed by atoms with E-state index >= 15 is 0 Å². The number of hydrogen-bond donors (Lipinski definition) is 1. The van der Waals surface area contributed by atoms with E-state index in [1.54, 1.807) is 16.8 Å². The SMILES string of the molecule is CCC1(C(=O)O)CCCN1C(=O)N(C)CC1CCOCC1. The Bertz CT molecular complexity index is 395. The summed E-state index contributed by atoms with van der Waals surface area (Å²) >= 11 is 0. The van der Waals surface area contributed by atoms with E-state index in [-0.39, 0.29) is 6.03 Å². The van der Waals surface area contributed by atoms with Crippen molar-refractivity contribution in [1.29, 1.82) is 0 Å². The molecule has 2 saturated heterocycles. The molecule has 2 aliphatic heterocycles. The minimum Gasteiger partial charge on any atom is -0.479 e. The predicted octanol–water partition coefficient (Wildman–Crippen LogP) is 1.79. The molecule has 0 spiro atoms. The third-order valence-corrected chi connectivity index (χ3v) is 4.90. The van der Waals surface area contributed by atoms with Gasteiger partial charge in [0.25, 0.3) is 0 Å². The summed E-state index contributed by atoms with van der Waals surface area (Å²) in [5, 5.41) is 9.56. The minimum absolute atomic E-state index is 0.150. The lowest BCUT2D eigenvalue weighted by Crippen LogP contribution is -2.56. The van der Waals surface area contributed by atoms with E-state index in [1.165, 1.54) is 0 Å². The van der Waals surface area contributed by atoms with Gasteiger partial charge in [-0.05, 0) is 38.0 Å². The Morgan fingerprint density at radius 1 is 1.38 bits per heavy atom. The zero-order chi connectivity index (χ0) is 15.5. The number of carbonyl (C=O) groups is 2. The zero-order valence-electron chi connectivity index (χ0n) is 13.0. The van der Waals surface area contributed by atoms with Crippen LogP contribution in [0.4, 0.5) is 4.79 Å². The summed E-state index contributed by atoms with van der Waals surface area (Å²) in [7, 11) is 1.78. The first-order chi connectivity index (χ1) is 10.0. The van der Waals surface area contributed by atoms with Crippen LogP contribution in [0.25, 0.3) is 0 Å². The fourth-order valence-corrected chi connectivity index (χ4v) is 3.50. The molecule has 0 bridgehead atoms. The number of carbonyl (C=O) groups excluding carboxylic acids is 1. The molecule has 0 aromatic rings. The van der Waals surface area contributed by atoms with Crippen LogP contribution in [0.15, 0.2) is 0 Å². The van der Waals surface area contributed by atoms with Crippen molar-refractivity contribution in [3.63, 3.8) is 0 Å². The number of hydrogen-bond acceptors (Lipinski definition) is 3. The van der Waals surface area contributed by atoms with E-state index in [2.05, 4.69) is 0 Å². The van der Waals surface area contributed by atoms with Crippen LogP contribution in [0.3, 0.4) is 0 Å². The molecule has 6 nitrogen and oxygen atoms in total. The maximum absolute atomic E-state index is 12.7. The van der Waals surface area contributed by atoms with Gasteiger partial charge >= 0.3 is 12.0 Å². The highest BCUT2D eigenvalue weighted by Crippen LogP contribution is 2.33. The molecule has 0 aliphatic carbocycles. The summed E-state index contributed by atoms with van der Waals surface area (Å²) in [5.41, 5.74) is -1.01. The van der Waals surface area contributed by atoms with Crippen molar-refractivity contribution in [2.45, 2.75) is 44.6 Å². The molecule has 1 atom stereocenters. The lowest BCUT2D eigenvalue weighted by Gasteiger charge is -2.37. The summed E-state index contributed by atoms with van der Waals surface area (Å²) in [6.07, 6.45) is 3.71. The highest BCUT2D eigenvalue weighted by Gasteiger charge is 2.49. The first-order valence-electron chi connectivity index (χ1n) is 7.85. The number of nitrogens with zero attached hydrogens (tertiary/aromatic N) is 2. The number of urea groups is 1. The van der Waals surface area contributed by atoms with E-state index in [0.717, 1.165) is 32.5 Å². The molecule has 1 N–H and O–H groups in total. The topological polar surface area (TPSA) is 70.1 Å². The third kappa shape index (κ3) is 3.15. The summed E-state index contributed by atoms with van der Waals surface area (Å²) in [6, 6.07) is -0.150. The molecule has 0 aromatic carbocycles. The van der Waals surface area contributed by atoms with Gasteiger partial charge in [0.2, 0.25) is 0 Å². The Labute approximate surface area is 126 Å². The molecule has 2 rings (SSSR count). The van der Waals surface area contributed by atoms with E-state index in [1.807, 2.05) is 6.92 Å². The summed E-state index contributed by atoms with van der Waals surface area (Å²) < 4.78 is 5.33. The van der Waals surface area contributed by atoms with Crippen molar-refractivity contribution in [3.8, 4) is 0 Å². The van der Waals surface area contributed by atoms with Crippen LogP contribution in [-0.4, -0.2) is 65.8 Å². The number of carboxylic acids is 1. The summed E-state index contributed by atoms with van der Waals surface area (Å²) in [6.45, 7) is 4.57. The molecule has 21 heavy (non-hydrogen) atoms. The molecular weight excluding hydrogens is 272 g/mol. The molecule has 2 amide bonds. The normalized spacial score (nSPS) is 26.9. The number of carboxylic acid groups (broad SMARTS) is 1. The van der Waals surface area contributed by atoms with Crippen LogP contribution in [0.1, 0.15) is 39.0 Å². The van der Waals surface area contributed by atoms with Gasteiger partial charge in [0.05, 0.1) is 0 Å². The molecule has 1 unspecified atom stereocenters. The highest BCUT2D eigenvalue weighted by molar-refractivity contribution is 5.87. The van der Waals surface area contributed by atoms with Crippen molar-refractivity contribution in [2.75, 3.05) is 33.4 Å². The second-order valence-corrected chi connectivity index (χ2v) is 6.16. The summed E-state index contributed by atoms with van der Waals surface area (Å²) in [4.78, 5) is 27.6. The van der Waals surface area contributed by atoms with Crippen molar-refractivity contribution in [2.24, 2.45) is 5.92 Å². The van der Waals surface area contributed by atoms with Crippen LogP contribution >= 0.6 is 0 Å². The van der Waals surface area contributed by atoms with Gasteiger partial charge in [-0.2, -0.15) is 0 Å². The minimum atomic E-state index is -1.01. The van der Waals surface area contributed by atoms with Crippen molar-refractivity contribution < 1.29 is 19.4 Å². The Morgan fingerprint density at radius 3 is 2.62 bits per heavy atom. The molecule has 0 saturated carbocycles. The molecule has 2 fully saturated rings. The van der Waals surface area contributed by atoms with Crippen LogP contribution in [-0.2, 0) is 9.53 Å². The fraction of sp³-hybridized carbons (Fsp3) is 0.867. The van der Waals surface area contributed by atoms with E-state index in [9.17, 15) is 14.7 Å². The number of aliphatic carboxylic acids is 1. The van der Waals surface area contributed by atoms with Crippen molar-refractivity contribution >= 4 is 12.0 Å². The van der Waals surface area contributed by atoms with Crippen molar-refractivity contribution in [1.82, 2.24) is 9.80 Å². The quantitative estimate of drug-likeness (QED) is 0.859. The number of amides is 2. The van der Waals surface area contributed by atoms with Crippen LogP contribution in [0.2, 0.25) is 0 Å². The average Bonchev–Trinajstić information content (AvgIpc) is 2.92. The van der Waals surface area contributed by atoms with Crippen LogP contribution in [0, 0.1) is 5.92 Å². The van der Waals surface area contributed by atoms with Gasteiger partial charge in [-0.15, -0.1) is 0 Å². The second kappa shape index (κ2) is 6.64. The average molecular weight is 298 g/mol. The second-order valence-electron chi connectivity index (χ2n) is 6.16. The Morgan fingerprint density at radius 2 is 2.05 bits per heavy atom. The number of rotatable bonds is 4. The first kappa shape index (κ1) is 16.1. The van der Waals surface area contributed by atoms with Crippen LogP contribution in [0.5, 0.6) is 0 Å². The van der Waals surface area contributed by atoms with Crippen LogP contribution < -0.4 is 0 Å². The number of ether oxygens (including phenoxy) is 1. The van der Waals surface area contributed by atoms with Gasteiger partial charge in [-0.25, -0.2) is 9.59 Å². The first-order valence-corrected chi connectivity index (χ1v) is 7.85. The standard InChI is InChI=1S/C15H26N2O4/c1-3-15(13(18)19)7-4-8-17(15)14(20)16(2)11-12-5-9-21-10-6-12/h12H,3-11H2,1-2H3,(H,18,19). The van der Waals surface area contributed by atoms with Gasteiger partial charge in [0.1, 0.15) is 5.54 Å². The molecule has 0 aromatic heterocycles. The maximum atomic E-state index is 12.7. The smallest absolute Gasteiger partial charge is 0.329 e. The zero-order valence-corrected chi connectivity index (χ0v) is 13.0. The summed E-state index contributed by atoms with van der Waals surface area (Å²) in [5.74, 6) is -0.425. The van der Waals surface area contributed by atoms with Gasteiger partial charge in [0.15, 0.2) is 0 Å². The Hall–Kier alpha value is -1.30. The predicted molar refractivity (Wildman–Crippen MR) is 78.2 cm³/mol. The van der Waals surface area contributed by atoms with E-state index in [0.29, 0.717) is 31.8 Å². The molecule has 0 radical (unpaired) electrons. The third-order valence-electron chi connectivity index (χ3n) is 4.90. The lowest BCUT2D eigenvalue weighted by atomic mass is 9.93. The molecular formula is C15H26N2O4. The van der Waals surface area contributed by atoms with E-state index in [4.69, 9.17) is 4.74 Å². The monoisotopic (exact) mass is 298 g/mol. The fourth-order valence-electron chi connectivity index (χ4n) is 3.50.